The van der Waals surface area contributed by atoms with E-state index in [1.165, 1.54) is 25.8 Å². The van der Waals surface area contributed by atoms with Crippen molar-refractivity contribution in [3.63, 3.8) is 0 Å². The van der Waals surface area contributed by atoms with Gasteiger partial charge < -0.3 is 20.6 Å². The number of piperidine rings is 1. The SMILES string of the molecule is CN(C(=O)N1CCC(N)CC1)C(C)(C)C(=O)O. The number of carbonyl (C=O) groups excluding carboxylic acids is 1. The van der Waals surface area contributed by atoms with E-state index in [-0.39, 0.29) is 12.1 Å². The van der Waals surface area contributed by atoms with Gasteiger partial charge in [-0.1, -0.05) is 0 Å². The first-order valence-corrected chi connectivity index (χ1v) is 5.78. The fourth-order valence-corrected chi connectivity index (χ4v) is 1.69. The van der Waals surface area contributed by atoms with Crippen molar-refractivity contribution in [2.75, 3.05) is 20.1 Å². The molecule has 1 fully saturated rings. The number of hydrogen-bond donors (Lipinski definition) is 2. The first-order valence-electron chi connectivity index (χ1n) is 5.78. The number of nitrogens with two attached hydrogens (primary N) is 1. The summed E-state index contributed by atoms with van der Waals surface area (Å²) < 4.78 is 0. The summed E-state index contributed by atoms with van der Waals surface area (Å²) in [5, 5.41) is 9.07. The van der Waals surface area contributed by atoms with Gasteiger partial charge >= 0.3 is 12.0 Å². The zero-order chi connectivity index (χ0) is 13.2. The minimum absolute atomic E-state index is 0.150. The highest BCUT2D eigenvalue weighted by atomic mass is 16.4. The minimum Gasteiger partial charge on any atom is -0.480 e. The Bertz CT molecular complexity index is 309. The van der Waals surface area contributed by atoms with Gasteiger partial charge in [0.1, 0.15) is 5.54 Å². The molecule has 0 aromatic heterocycles. The van der Waals surface area contributed by atoms with Crippen LogP contribution in [0.25, 0.3) is 0 Å². The van der Waals surface area contributed by atoms with Crippen LogP contribution in [0.3, 0.4) is 0 Å². The monoisotopic (exact) mass is 243 g/mol. The van der Waals surface area contributed by atoms with Crippen LogP contribution in [-0.2, 0) is 4.79 Å². The maximum Gasteiger partial charge on any atom is 0.329 e. The number of likely N-dealkylation sites (tertiary alicyclic amines) is 1. The van der Waals surface area contributed by atoms with Crippen LogP contribution in [0.1, 0.15) is 26.7 Å². The molecule has 1 aliphatic rings. The highest BCUT2D eigenvalue weighted by molar-refractivity contribution is 5.85. The van der Waals surface area contributed by atoms with Crippen molar-refractivity contribution in [3.05, 3.63) is 0 Å². The summed E-state index contributed by atoms with van der Waals surface area (Å²) in [6, 6.07) is -0.0962. The van der Waals surface area contributed by atoms with Gasteiger partial charge in [0.05, 0.1) is 0 Å². The molecule has 17 heavy (non-hydrogen) atoms. The highest BCUT2D eigenvalue weighted by Gasteiger charge is 2.37. The molecule has 2 amide bonds. The number of nitrogens with zero attached hydrogens (tertiary/aromatic N) is 2. The van der Waals surface area contributed by atoms with Crippen molar-refractivity contribution < 1.29 is 14.7 Å². The summed E-state index contributed by atoms with van der Waals surface area (Å²) >= 11 is 0. The van der Waals surface area contributed by atoms with Crippen LogP contribution in [0.4, 0.5) is 4.79 Å². The number of urea groups is 1. The van der Waals surface area contributed by atoms with Gasteiger partial charge in [-0.25, -0.2) is 9.59 Å². The molecule has 1 saturated heterocycles. The number of rotatable bonds is 2. The van der Waals surface area contributed by atoms with Crippen LogP contribution >= 0.6 is 0 Å². The Balaban J connectivity index is 2.67. The molecular weight excluding hydrogens is 222 g/mol. The van der Waals surface area contributed by atoms with Crippen molar-refractivity contribution in [2.45, 2.75) is 38.3 Å². The Morgan fingerprint density at radius 1 is 1.35 bits per heavy atom. The van der Waals surface area contributed by atoms with E-state index in [1.54, 1.807) is 4.90 Å². The Kier molecular flexibility index (Phi) is 3.98. The van der Waals surface area contributed by atoms with E-state index >= 15 is 0 Å². The standard InChI is InChI=1S/C11H21N3O3/c1-11(2,9(15)16)13(3)10(17)14-6-4-8(12)5-7-14/h8H,4-7,12H2,1-3H3,(H,15,16). The highest BCUT2D eigenvalue weighted by Crippen LogP contribution is 2.17. The van der Waals surface area contributed by atoms with Crippen molar-refractivity contribution in [3.8, 4) is 0 Å². The quantitative estimate of drug-likeness (QED) is 0.731. The molecule has 0 aliphatic carbocycles. The van der Waals surface area contributed by atoms with Gasteiger partial charge in [-0.3, -0.25) is 0 Å². The van der Waals surface area contributed by atoms with Gasteiger partial charge in [0.25, 0.3) is 0 Å². The lowest BCUT2D eigenvalue weighted by molar-refractivity contribution is -0.147. The summed E-state index contributed by atoms with van der Waals surface area (Å²) in [6.07, 6.45) is 1.54. The van der Waals surface area contributed by atoms with Crippen molar-refractivity contribution in [2.24, 2.45) is 5.73 Å². The maximum atomic E-state index is 12.1. The fourth-order valence-electron chi connectivity index (χ4n) is 1.69. The summed E-state index contributed by atoms with van der Waals surface area (Å²) in [4.78, 5) is 26.1. The molecule has 1 aliphatic heterocycles. The lowest BCUT2D eigenvalue weighted by Crippen LogP contribution is -2.56. The first kappa shape index (κ1) is 13.8. The summed E-state index contributed by atoms with van der Waals surface area (Å²) in [7, 11) is 1.52. The van der Waals surface area contributed by atoms with Crippen LogP contribution in [0.2, 0.25) is 0 Å². The summed E-state index contributed by atoms with van der Waals surface area (Å²) in [5.41, 5.74) is 4.56. The van der Waals surface area contributed by atoms with Crippen LogP contribution in [0.5, 0.6) is 0 Å². The second-order valence-corrected chi connectivity index (χ2v) is 5.03. The van der Waals surface area contributed by atoms with Gasteiger partial charge in [0, 0.05) is 26.2 Å². The second kappa shape index (κ2) is 4.91. The molecule has 0 saturated carbocycles. The summed E-state index contributed by atoms with van der Waals surface area (Å²) in [6.45, 7) is 4.23. The molecule has 0 atom stereocenters. The molecule has 3 N–H and O–H groups in total. The van der Waals surface area contributed by atoms with Crippen molar-refractivity contribution in [1.29, 1.82) is 0 Å². The number of carbonyl (C=O) groups is 2. The Hall–Kier alpha value is -1.30. The van der Waals surface area contributed by atoms with Crippen molar-refractivity contribution >= 4 is 12.0 Å². The van der Waals surface area contributed by atoms with Crippen LogP contribution in [-0.4, -0.2) is 58.6 Å². The zero-order valence-electron chi connectivity index (χ0n) is 10.6. The average molecular weight is 243 g/mol. The molecule has 0 radical (unpaired) electrons. The van der Waals surface area contributed by atoms with Gasteiger partial charge in [0.2, 0.25) is 0 Å². The van der Waals surface area contributed by atoms with E-state index in [0.717, 1.165) is 12.8 Å². The predicted octanol–water partition coefficient (Wildman–Crippen LogP) is 0.325. The van der Waals surface area contributed by atoms with E-state index < -0.39 is 11.5 Å². The Labute approximate surface area is 101 Å². The van der Waals surface area contributed by atoms with Gasteiger partial charge in [-0.15, -0.1) is 0 Å². The second-order valence-electron chi connectivity index (χ2n) is 5.03. The van der Waals surface area contributed by atoms with E-state index in [1.807, 2.05) is 0 Å². The summed E-state index contributed by atoms with van der Waals surface area (Å²) in [5.74, 6) is -1.01. The third-order valence-corrected chi connectivity index (χ3v) is 3.46. The normalized spacial score (nSPS) is 18.0. The number of carboxylic acids is 1. The molecular formula is C11H21N3O3. The number of likely N-dealkylation sites (N-methyl/N-ethyl adjacent to an activating group) is 1. The number of aliphatic carboxylic acids is 1. The Morgan fingerprint density at radius 2 is 1.82 bits per heavy atom. The third kappa shape index (κ3) is 2.88. The molecule has 0 bridgehead atoms. The largest absolute Gasteiger partial charge is 0.480 e. The zero-order valence-corrected chi connectivity index (χ0v) is 10.6. The number of amides is 2. The smallest absolute Gasteiger partial charge is 0.329 e. The van der Waals surface area contributed by atoms with Crippen LogP contribution < -0.4 is 5.73 Å². The van der Waals surface area contributed by atoms with Crippen LogP contribution in [0, 0.1) is 0 Å². The van der Waals surface area contributed by atoms with Gasteiger partial charge in [-0.2, -0.15) is 0 Å². The van der Waals surface area contributed by atoms with E-state index in [2.05, 4.69) is 0 Å². The van der Waals surface area contributed by atoms with Gasteiger partial charge in [0.15, 0.2) is 0 Å². The topological polar surface area (TPSA) is 86.9 Å². The molecule has 98 valence electrons. The molecule has 1 heterocycles. The average Bonchev–Trinajstić information content (AvgIpc) is 2.27. The predicted molar refractivity (Wildman–Crippen MR) is 63.7 cm³/mol. The molecule has 6 nitrogen and oxygen atoms in total. The first-order chi connectivity index (χ1) is 7.76. The fraction of sp³-hybridized carbons (Fsp3) is 0.818. The van der Waals surface area contributed by atoms with E-state index in [0.29, 0.717) is 13.1 Å². The van der Waals surface area contributed by atoms with Crippen LogP contribution in [0.15, 0.2) is 0 Å². The minimum atomic E-state index is -1.20. The maximum absolute atomic E-state index is 12.1. The molecule has 0 aromatic rings. The third-order valence-electron chi connectivity index (χ3n) is 3.46. The number of carboxylic acid groups (broad SMARTS) is 1. The van der Waals surface area contributed by atoms with E-state index in [4.69, 9.17) is 10.8 Å². The molecule has 6 heteroatoms. The molecule has 1 rings (SSSR count). The molecule has 0 aromatic carbocycles. The van der Waals surface area contributed by atoms with E-state index in [9.17, 15) is 9.59 Å². The Morgan fingerprint density at radius 3 is 2.24 bits per heavy atom. The number of hydrogen-bond acceptors (Lipinski definition) is 3. The lowest BCUT2D eigenvalue weighted by Gasteiger charge is -2.38. The molecule has 0 unspecified atom stereocenters. The van der Waals surface area contributed by atoms with Crippen molar-refractivity contribution in [1.82, 2.24) is 9.80 Å². The lowest BCUT2D eigenvalue weighted by atomic mass is 10.0. The molecule has 0 spiro atoms. The van der Waals surface area contributed by atoms with Gasteiger partial charge in [-0.05, 0) is 26.7 Å².